The number of hydrogen-bond acceptors (Lipinski definition) is 2. The van der Waals surface area contributed by atoms with E-state index in [2.05, 4.69) is 49.2 Å². The van der Waals surface area contributed by atoms with Crippen molar-refractivity contribution in [1.82, 2.24) is 4.98 Å². The molecule has 0 aliphatic carbocycles. The molecule has 0 aliphatic rings. The second kappa shape index (κ2) is 4.91. The molecule has 94 valence electrons. The van der Waals surface area contributed by atoms with E-state index in [9.17, 15) is 0 Å². The van der Waals surface area contributed by atoms with Gasteiger partial charge in [-0.3, -0.25) is 4.98 Å². The lowest BCUT2D eigenvalue weighted by Gasteiger charge is -2.12. The molecule has 1 aromatic carbocycles. The van der Waals surface area contributed by atoms with Gasteiger partial charge < -0.3 is 5.73 Å². The minimum Gasteiger partial charge on any atom is -0.324 e. The zero-order chi connectivity index (χ0) is 13.3. The molecule has 0 aliphatic heterocycles. The molecule has 0 saturated heterocycles. The summed E-state index contributed by atoms with van der Waals surface area (Å²) in [5.41, 5.74) is 12.8. The number of aryl methyl sites for hydroxylation is 3. The van der Waals surface area contributed by atoms with E-state index in [4.69, 9.17) is 5.73 Å². The molecule has 1 atom stereocenters. The van der Waals surface area contributed by atoms with Crippen molar-refractivity contribution in [3.05, 3.63) is 52.7 Å². The first-order chi connectivity index (χ1) is 8.49. The number of aromatic nitrogens is 1. The summed E-state index contributed by atoms with van der Waals surface area (Å²) in [4.78, 5) is 4.69. The molecule has 0 amide bonds. The van der Waals surface area contributed by atoms with Crippen molar-refractivity contribution in [3.63, 3.8) is 0 Å². The van der Waals surface area contributed by atoms with Gasteiger partial charge in [0.2, 0.25) is 0 Å². The highest BCUT2D eigenvalue weighted by molar-refractivity contribution is 5.64. The van der Waals surface area contributed by atoms with Gasteiger partial charge in [-0.2, -0.15) is 0 Å². The smallest absolute Gasteiger partial charge is 0.0708 e. The van der Waals surface area contributed by atoms with Gasteiger partial charge in [0, 0.05) is 17.3 Å². The third-order valence-corrected chi connectivity index (χ3v) is 3.29. The summed E-state index contributed by atoms with van der Waals surface area (Å²) in [6.45, 7) is 8.23. The van der Waals surface area contributed by atoms with Crippen LogP contribution in [-0.4, -0.2) is 4.98 Å². The first kappa shape index (κ1) is 12.8. The molecule has 0 bridgehead atoms. The van der Waals surface area contributed by atoms with Gasteiger partial charge >= 0.3 is 0 Å². The van der Waals surface area contributed by atoms with Gasteiger partial charge in [-0.1, -0.05) is 23.8 Å². The van der Waals surface area contributed by atoms with E-state index in [-0.39, 0.29) is 6.04 Å². The molecule has 0 saturated carbocycles. The molecule has 2 nitrogen and oxygen atoms in total. The van der Waals surface area contributed by atoms with Crippen LogP contribution in [0.3, 0.4) is 0 Å². The molecular formula is C16H20N2. The van der Waals surface area contributed by atoms with E-state index in [1.807, 2.05) is 13.8 Å². The Balaban J connectivity index is 2.52. The fourth-order valence-electron chi connectivity index (χ4n) is 2.21. The lowest BCUT2D eigenvalue weighted by Crippen LogP contribution is -2.08. The summed E-state index contributed by atoms with van der Waals surface area (Å²) < 4.78 is 0. The minimum absolute atomic E-state index is 0.0326. The second-order valence-corrected chi connectivity index (χ2v) is 4.98. The molecule has 2 aromatic rings. The highest BCUT2D eigenvalue weighted by Crippen LogP contribution is 2.25. The molecule has 1 unspecified atom stereocenters. The fourth-order valence-corrected chi connectivity index (χ4v) is 2.21. The predicted molar refractivity (Wildman–Crippen MR) is 76.5 cm³/mol. The van der Waals surface area contributed by atoms with E-state index in [1.165, 1.54) is 16.7 Å². The summed E-state index contributed by atoms with van der Waals surface area (Å²) in [6, 6.07) is 10.6. The Morgan fingerprint density at radius 2 is 1.78 bits per heavy atom. The quantitative estimate of drug-likeness (QED) is 0.869. The van der Waals surface area contributed by atoms with Crippen molar-refractivity contribution in [2.45, 2.75) is 33.7 Å². The normalized spacial score (nSPS) is 12.5. The van der Waals surface area contributed by atoms with Crippen molar-refractivity contribution in [3.8, 4) is 11.3 Å². The summed E-state index contributed by atoms with van der Waals surface area (Å²) in [7, 11) is 0. The van der Waals surface area contributed by atoms with Gasteiger partial charge in [0.15, 0.2) is 0 Å². The van der Waals surface area contributed by atoms with Crippen molar-refractivity contribution in [2.75, 3.05) is 0 Å². The third kappa shape index (κ3) is 2.44. The number of hydrogen-bond donors (Lipinski definition) is 1. The Labute approximate surface area is 109 Å². The van der Waals surface area contributed by atoms with Crippen molar-refractivity contribution in [1.29, 1.82) is 0 Å². The number of nitrogens with two attached hydrogens (primary N) is 1. The van der Waals surface area contributed by atoms with Gasteiger partial charge in [-0.05, 0) is 51.0 Å². The molecule has 2 heteroatoms. The second-order valence-electron chi connectivity index (χ2n) is 4.98. The highest BCUT2D eigenvalue weighted by atomic mass is 14.7. The zero-order valence-corrected chi connectivity index (χ0v) is 11.5. The largest absolute Gasteiger partial charge is 0.324 e. The lowest BCUT2D eigenvalue weighted by atomic mass is 10.0. The maximum Gasteiger partial charge on any atom is 0.0708 e. The van der Waals surface area contributed by atoms with Gasteiger partial charge in [-0.25, -0.2) is 0 Å². The van der Waals surface area contributed by atoms with Crippen LogP contribution >= 0.6 is 0 Å². The lowest BCUT2D eigenvalue weighted by molar-refractivity contribution is 0.800. The first-order valence-electron chi connectivity index (χ1n) is 6.30. The molecular weight excluding hydrogens is 220 g/mol. The van der Waals surface area contributed by atoms with Gasteiger partial charge in [-0.15, -0.1) is 0 Å². The summed E-state index contributed by atoms with van der Waals surface area (Å²) in [5.74, 6) is 0. The van der Waals surface area contributed by atoms with Crippen LogP contribution in [0.5, 0.6) is 0 Å². The molecule has 2 rings (SSSR count). The van der Waals surface area contributed by atoms with Crippen molar-refractivity contribution >= 4 is 0 Å². The monoisotopic (exact) mass is 240 g/mol. The maximum absolute atomic E-state index is 5.92. The number of nitrogens with zero attached hydrogens (tertiary/aromatic N) is 1. The Bertz CT molecular complexity index is 571. The summed E-state index contributed by atoms with van der Waals surface area (Å²) in [5, 5.41) is 0. The average Bonchev–Trinajstić information content (AvgIpc) is 2.31. The molecule has 0 radical (unpaired) electrons. The SMILES string of the molecule is Cc1ccc(C)c(-c2ccc(C(C)N)c(C)n2)c1. The van der Waals surface area contributed by atoms with E-state index >= 15 is 0 Å². The van der Waals surface area contributed by atoms with Crippen LogP contribution in [0.4, 0.5) is 0 Å². The average molecular weight is 240 g/mol. The van der Waals surface area contributed by atoms with Crippen LogP contribution in [0, 0.1) is 20.8 Å². The Morgan fingerprint density at radius 3 is 2.39 bits per heavy atom. The minimum atomic E-state index is 0.0326. The Hall–Kier alpha value is -1.67. The van der Waals surface area contributed by atoms with Crippen molar-refractivity contribution in [2.24, 2.45) is 5.73 Å². The van der Waals surface area contributed by atoms with E-state index in [1.54, 1.807) is 0 Å². The molecule has 18 heavy (non-hydrogen) atoms. The number of rotatable bonds is 2. The van der Waals surface area contributed by atoms with E-state index in [0.717, 1.165) is 17.0 Å². The van der Waals surface area contributed by atoms with Gasteiger partial charge in [0.05, 0.1) is 5.69 Å². The Kier molecular flexibility index (Phi) is 3.48. The predicted octanol–water partition coefficient (Wildman–Crippen LogP) is 3.69. The Morgan fingerprint density at radius 1 is 1.06 bits per heavy atom. The zero-order valence-electron chi connectivity index (χ0n) is 11.5. The topological polar surface area (TPSA) is 38.9 Å². The van der Waals surface area contributed by atoms with Crippen LogP contribution in [0.15, 0.2) is 30.3 Å². The van der Waals surface area contributed by atoms with Gasteiger partial charge in [0.25, 0.3) is 0 Å². The van der Waals surface area contributed by atoms with E-state index in [0.29, 0.717) is 0 Å². The fraction of sp³-hybridized carbons (Fsp3) is 0.312. The summed E-state index contributed by atoms with van der Waals surface area (Å²) in [6.07, 6.45) is 0. The van der Waals surface area contributed by atoms with Crippen LogP contribution in [0.1, 0.15) is 35.3 Å². The molecule has 2 N–H and O–H groups in total. The van der Waals surface area contributed by atoms with Crippen LogP contribution < -0.4 is 5.73 Å². The third-order valence-electron chi connectivity index (χ3n) is 3.29. The number of pyridine rings is 1. The maximum atomic E-state index is 5.92. The van der Waals surface area contributed by atoms with Crippen molar-refractivity contribution < 1.29 is 0 Å². The van der Waals surface area contributed by atoms with Crippen LogP contribution in [0.25, 0.3) is 11.3 Å². The van der Waals surface area contributed by atoms with E-state index < -0.39 is 0 Å². The molecule has 0 spiro atoms. The van der Waals surface area contributed by atoms with Crippen LogP contribution in [0.2, 0.25) is 0 Å². The molecule has 1 aromatic heterocycles. The van der Waals surface area contributed by atoms with Crippen LogP contribution in [-0.2, 0) is 0 Å². The summed E-state index contributed by atoms with van der Waals surface area (Å²) >= 11 is 0. The van der Waals surface area contributed by atoms with Gasteiger partial charge in [0.1, 0.15) is 0 Å². The molecule has 0 fully saturated rings. The standard InChI is InChI=1S/C16H20N2/c1-10-5-6-11(2)15(9-10)16-8-7-14(12(3)17)13(4)18-16/h5-9,12H,17H2,1-4H3. The highest BCUT2D eigenvalue weighted by Gasteiger charge is 2.08. The first-order valence-corrected chi connectivity index (χ1v) is 6.30. The number of benzene rings is 1. The molecule has 1 heterocycles.